The Morgan fingerprint density at radius 3 is 2.47 bits per heavy atom. The standard InChI is InChI=1S/C12H15ClN2OS/c13-10-3-1-2-4-11(10)14-5-7-15(8-6-14)12(16)9-17/h1-4,17H,5-9H2. The average Bonchev–Trinajstić information content (AvgIpc) is 2.39. The summed E-state index contributed by atoms with van der Waals surface area (Å²) in [6, 6.07) is 7.81. The summed E-state index contributed by atoms with van der Waals surface area (Å²) in [6.07, 6.45) is 0. The molecule has 0 radical (unpaired) electrons. The van der Waals surface area contributed by atoms with Crippen LogP contribution < -0.4 is 4.90 Å². The minimum absolute atomic E-state index is 0.104. The maximum absolute atomic E-state index is 11.5. The number of amides is 1. The van der Waals surface area contributed by atoms with Crippen LogP contribution in [0.4, 0.5) is 5.69 Å². The number of carbonyl (C=O) groups is 1. The molecule has 1 amide bonds. The zero-order valence-electron chi connectivity index (χ0n) is 9.47. The number of hydrogen-bond donors (Lipinski definition) is 1. The summed E-state index contributed by atoms with van der Waals surface area (Å²) in [7, 11) is 0. The SMILES string of the molecule is O=C(CS)N1CCN(c2ccccc2Cl)CC1. The van der Waals surface area contributed by atoms with Crippen molar-refractivity contribution in [1.82, 2.24) is 4.90 Å². The molecule has 1 aliphatic heterocycles. The number of carbonyl (C=O) groups excluding carboxylic acids is 1. The van der Waals surface area contributed by atoms with Gasteiger partial charge in [-0.3, -0.25) is 4.79 Å². The average molecular weight is 271 g/mol. The fourth-order valence-electron chi connectivity index (χ4n) is 2.00. The van der Waals surface area contributed by atoms with Crippen LogP contribution >= 0.6 is 24.2 Å². The van der Waals surface area contributed by atoms with Crippen molar-refractivity contribution < 1.29 is 4.79 Å². The van der Waals surface area contributed by atoms with Crippen molar-refractivity contribution in [2.75, 3.05) is 36.8 Å². The molecule has 1 heterocycles. The summed E-state index contributed by atoms with van der Waals surface area (Å²) in [5, 5.41) is 0.765. The second-order valence-corrected chi connectivity index (χ2v) is 4.70. The van der Waals surface area contributed by atoms with E-state index in [9.17, 15) is 4.79 Å². The number of benzene rings is 1. The van der Waals surface area contributed by atoms with Gasteiger partial charge in [-0.2, -0.15) is 12.6 Å². The number of rotatable bonds is 2. The predicted molar refractivity (Wildman–Crippen MR) is 74.1 cm³/mol. The summed E-state index contributed by atoms with van der Waals surface area (Å²) in [4.78, 5) is 15.5. The Balaban J connectivity index is 2.00. The maximum atomic E-state index is 11.5. The van der Waals surface area contributed by atoms with Crippen molar-refractivity contribution in [3.63, 3.8) is 0 Å². The summed E-state index contributed by atoms with van der Waals surface area (Å²) < 4.78 is 0. The van der Waals surface area contributed by atoms with Gasteiger partial charge >= 0.3 is 0 Å². The Morgan fingerprint density at radius 1 is 1.24 bits per heavy atom. The van der Waals surface area contributed by atoms with Gasteiger partial charge in [-0.15, -0.1) is 0 Å². The fraction of sp³-hybridized carbons (Fsp3) is 0.417. The van der Waals surface area contributed by atoms with Crippen molar-refractivity contribution in [2.45, 2.75) is 0 Å². The minimum atomic E-state index is 0.104. The lowest BCUT2D eigenvalue weighted by atomic mass is 10.2. The van der Waals surface area contributed by atoms with Gasteiger partial charge in [0.05, 0.1) is 16.5 Å². The Labute approximate surface area is 112 Å². The quantitative estimate of drug-likeness (QED) is 0.830. The molecule has 1 saturated heterocycles. The number of halogens is 1. The van der Waals surface area contributed by atoms with E-state index in [-0.39, 0.29) is 11.7 Å². The van der Waals surface area contributed by atoms with E-state index in [0.29, 0.717) is 0 Å². The second-order valence-electron chi connectivity index (χ2n) is 3.98. The summed E-state index contributed by atoms with van der Waals surface area (Å²) in [6.45, 7) is 3.13. The van der Waals surface area contributed by atoms with E-state index in [1.807, 2.05) is 29.2 Å². The normalized spacial score (nSPS) is 16.1. The van der Waals surface area contributed by atoms with Crippen LogP contribution in [-0.2, 0) is 4.79 Å². The Bertz CT molecular complexity index is 405. The molecule has 92 valence electrons. The van der Waals surface area contributed by atoms with Crippen molar-refractivity contribution >= 4 is 35.8 Å². The lowest BCUT2D eigenvalue weighted by molar-refractivity contribution is -0.128. The van der Waals surface area contributed by atoms with Crippen LogP contribution in [0.25, 0.3) is 0 Å². The van der Waals surface area contributed by atoms with Gasteiger partial charge in [-0.1, -0.05) is 23.7 Å². The zero-order valence-corrected chi connectivity index (χ0v) is 11.1. The second kappa shape index (κ2) is 5.65. The first kappa shape index (κ1) is 12.6. The molecule has 1 aliphatic rings. The molecule has 0 N–H and O–H groups in total. The molecular weight excluding hydrogens is 256 g/mol. The van der Waals surface area contributed by atoms with Crippen LogP contribution in [0.5, 0.6) is 0 Å². The lowest BCUT2D eigenvalue weighted by Crippen LogP contribution is -2.49. The zero-order chi connectivity index (χ0) is 12.3. The molecule has 0 atom stereocenters. The highest BCUT2D eigenvalue weighted by molar-refractivity contribution is 7.81. The molecule has 0 saturated carbocycles. The molecule has 0 unspecified atom stereocenters. The molecule has 2 rings (SSSR count). The molecule has 1 aromatic carbocycles. The largest absolute Gasteiger partial charge is 0.367 e. The molecule has 0 aliphatic carbocycles. The van der Waals surface area contributed by atoms with E-state index in [1.165, 1.54) is 0 Å². The van der Waals surface area contributed by atoms with E-state index < -0.39 is 0 Å². The molecule has 3 nitrogen and oxygen atoms in total. The molecule has 1 fully saturated rings. The van der Waals surface area contributed by atoms with Gasteiger partial charge in [0, 0.05) is 26.2 Å². The van der Waals surface area contributed by atoms with Crippen LogP contribution in [0.2, 0.25) is 5.02 Å². The Morgan fingerprint density at radius 2 is 1.88 bits per heavy atom. The van der Waals surface area contributed by atoms with Crippen molar-refractivity contribution in [3.05, 3.63) is 29.3 Å². The van der Waals surface area contributed by atoms with Gasteiger partial charge < -0.3 is 9.80 Å². The summed E-state index contributed by atoms with van der Waals surface area (Å²) in [5.41, 5.74) is 1.05. The molecule has 0 spiro atoms. The van der Waals surface area contributed by atoms with Crippen LogP contribution in [-0.4, -0.2) is 42.7 Å². The van der Waals surface area contributed by atoms with Crippen LogP contribution in [0, 0.1) is 0 Å². The molecule has 0 bridgehead atoms. The molecule has 1 aromatic rings. The van der Waals surface area contributed by atoms with E-state index in [4.69, 9.17) is 11.6 Å². The minimum Gasteiger partial charge on any atom is -0.367 e. The van der Waals surface area contributed by atoms with Crippen LogP contribution in [0.1, 0.15) is 0 Å². The Kier molecular flexibility index (Phi) is 4.18. The van der Waals surface area contributed by atoms with Gasteiger partial charge in [0.1, 0.15) is 0 Å². The monoisotopic (exact) mass is 270 g/mol. The number of para-hydroxylation sites is 1. The highest BCUT2D eigenvalue weighted by atomic mass is 35.5. The maximum Gasteiger partial charge on any atom is 0.232 e. The highest BCUT2D eigenvalue weighted by Gasteiger charge is 2.21. The Hall–Kier alpha value is -0.870. The van der Waals surface area contributed by atoms with Gasteiger partial charge in [0.25, 0.3) is 0 Å². The molecule has 0 aromatic heterocycles. The number of nitrogens with zero attached hydrogens (tertiary/aromatic N) is 2. The van der Waals surface area contributed by atoms with Crippen LogP contribution in [0.3, 0.4) is 0 Å². The molecule has 5 heteroatoms. The topological polar surface area (TPSA) is 23.6 Å². The van der Waals surface area contributed by atoms with E-state index in [2.05, 4.69) is 17.5 Å². The van der Waals surface area contributed by atoms with Crippen molar-refractivity contribution in [2.24, 2.45) is 0 Å². The number of piperazine rings is 1. The highest BCUT2D eigenvalue weighted by Crippen LogP contribution is 2.25. The third kappa shape index (κ3) is 2.87. The van der Waals surface area contributed by atoms with Crippen molar-refractivity contribution in [1.29, 1.82) is 0 Å². The smallest absolute Gasteiger partial charge is 0.232 e. The first-order chi connectivity index (χ1) is 8.22. The van der Waals surface area contributed by atoms with E-state index in [1.54, 1.807) is 0 Å². The van der Waals surface area contributed by atoms with Crippen LogP contribution in [0.15, 0.2) is 24.3 Å². The van der Waals surface area contributed by atoms with E-state index in [0.717, 1.165) is 36.9 Å². The van der Waals surface area contributed by atoms with Gasteiger partial charge in [0.2, 0.25) is 5.91 Å². The van der Waals surface area contributed by atoms with E-state index >= 15 is 0 Å². The van der Waals surface area contributed by atoms with Crippen molar-refractivity contribution in [3.8, 4) is 0 Å². The summed E-state index contributed by atoms with van der Waals surface area (Å²) >= 11 is 10.2. The first-order valence-corrected chi connectivity index (χ1v) is 6.61. The number of thiol groups is 1. The molecule has 17 heavy (non-hydrogen) atoms. The fourth-order valence-corrected chi connectivity index (χ4v) is 2.46. The number of anilines is 1. The predicted octanol–water partition coefficient (Wildman–Crippen LogP) is 1.92. The summed E-state index contributed by atoms with van der Waals surface area (Å²) in [5.74, 6) is 0.388. The van der Waals surface area contributed by atoms with Gasteiger partial charge in [-0.05, 0) is 12.1 Å². The lowest BCUT2D eigenvalue weighted by Gasteiger charge is -2.36. The first-order valence-electron chi connectivity index (χ1n) is 5.60. The third-order valence-corrected chi connectivity index (χ3v) is 3.55. The molecular formula is C12H15ClN2OS. The number of hydrogen-bond acceptors (Lipinski definition) is 3. The van der Waals surface area contributed by atoms with Gasteiger partial charge in [0.15, 0.2) is 0 Å². The third-order valence-electron chi connectivity index (χ3n) is 2.96. The van der Waals surface area contributed by atoms with Gasteiger partial charge in [-0.25, -0.2) is 0 Å².